The molecule has 2 aliphatic heterocycles. The SMILES string of the molecule is CCC1OC[C@@H](C(=O)N[C@@H](Cc2ccc(CC(=O)CCCCCC3=NCCC3)cc2)C(=O)O)N1S(=O)(=O)c1ccccc1. The molecule has 2 aromatic rings. The quantitative estimate of drug-likeness (QED) is 0.274. The van der Waals surface area contributed by atoms with Crippen LogP contribution in [0.4, 0.5) is 0 Å². The van der Waals surface area contributed by atoms with Gasteiger partial charge in [0.05, 0.1) is 11.5 Å². The van der Waals surface area contributed by atoms with E-state index >= 15 is 0 Å². The van der Waals surface area contributed by atoms with Gasteiger partial charge in [-0.3, -0.25) is 14.6 Å². The molecule has 1 unspecified atom stereocenters. The van der Waals surface area contributed by atoms with Crippen molar-refractivity contribution >= 4 is 33.4 Å². The van der Waals surface area contributed by atoms with Crippen molar-refractivity contribution in [1.82, 2.24) is 9.62 Å². The molecule has 4 rings (SSSR count). The molecule has 2 N–H and O–H groups in total. The van der Waals surface area contributed by atoms with Crippen molar-refractivity contribution < 1.29 is 32.6 Å². The maximum Gasteiger partial charge on any atom is 0.326 e. The van der Waals surface area contributed by atoms with Gasteiger partial charge in [-0.1, -0.05) is 55.8 Å². The van der Waals surface area contributed by atoms with Crippen LogP contribution in [0.5, 0.6) is 0 Å². The van der Waals surface area contributed by atoms with Crippen molar-refractivity contribution in [2.75, 3.05) is 13.2 Å². The van der Waals surface area contributed by atoms with Crippen molar-refractivity contribution in [2.24, 2.45) is 4.99 Å². The summed E-state index contributed by atoms with van der Waals surface area (Å²) in [5, 5.41) is 12.4. The number of unbranched alkanes of at least 4 members (excludes halogenated alkanes) is 2. The number of carboxylic acid groups (broad SMARTS) is 1. The Morgan fingerprint density at radius 3 is 2.42 bits per heavy atom. The van der Waals surface area contributed by atoms with Crippen LogP contribution in [0.1, 0.15) is 69.4 Å². The summed E-state index contributed by atoms with van der Waals surface area (Å²) in [5.41, 5.74) is 2.83. The molecule has 0 saturated carbocycles. The second-order valence-electron chi connectivity index (χ2n) is 11.1. The number of nitrogens with one attached hydrogen (secondary N) is 1. The summed E-state index contributed by atoms with van der Waals surface area (Å²) in [6.07, 6.45) is 6.57. The van der Waals surface area contributed by atoms with E-state index in [1.54, 1.807) is 49.4 Å². The molecule has 2 heterocycles. The standard InChI is InChI=1S/C32H41N3O7S/c1-2-30-35(43(40,41)27-13-7-4-8-14-27)29(22-42-30)31(37)34-28(32(38)39)21-24-17-15-23(16-18-24)20-26(36)12-6-3-5-10-25-11-9-19-33-25/h4,7-8,13-18,28-30H,2-3,5-6,9-12,19-22H2,1H3,(H,34,37)(H,38,39)/t28-,29-,30?/m0/s1. The van der Waals surface area contributed by atoms with Gasteiger partial charge in [0.25, 0.3) is 0 Å². The molecule has 0 aromatic heterocycles. The number of aliphatic carboxylic acids is 1. The largest absolute Gasteiger partial charge is 0.480 e. The van der Waals surface area contributed by atoms with E-state index in [1.807, 2.05) is 0 Å². The van der Waals surface area contributed by atoms with Gasteiger partial charge < -0.3 is 15.2 Å². The molecular weight excluding hydrogens is 570 g/mol. The maximum atomic E-state index is 13.4. The lowest BCUT2D eigenvalue weighted by molar-refractivity contribution is -0.142. The number of sulfonamides is 1. The first kappa shape index (κ1) is 32.5. The van der Waals surface area contributed by atoms with E-state index in [0.29, 0.717) is 24.8 Å². The number of carbonyl (C=O) groups excluding carboxylic acids is 2. The van der Waals surface area contributed by atoms with Gasteiger partial charge in [-0.25, -0.2) is 13.2 Å². The Hall–Kier alpha value is -3.41. The number of Topliss-reactive ketones (excluding diaryl/α,β-unsaturated/α-hetero) is 1. The topological polar surface area (TPSA) is 142 Å². The van der Waals surface area contributed by atoms with Crippen molar-refractivity contribution in [3.8, 4) is 0 Å². The third kappa shape index (κ3) is 8.81. The molecule has 1 fully saturated rings. The molecule has 3 atom stereocenters. The van der Waals surface area contributed by atoms with Gasteiger partial charge in [-0.15, -0.1) is 0 Å². The zero-order valence-electron chi connectivity index (χ0n) is 24.6. The molecule has 11 heteroatoms. The number of ketones is 1. The van der Waals surface area contributed by atoms with Gasteiger partial charge in [-0.05, 0) is 61.8 Å². The number of rotatable bonds is 16. The van der Waals surface area contributed by atoms with E-state index in [0.717, 1.165) is 54.9 Å². The lowest BCUT2D eigenvalue weighted by atomic mass is 10.00. The number of benzene rings is 2. The number of carboxylic acids is 1. The Bertz CT molecular complexity index is 1390. The van der Waals surface area contributed by atoms with Crippen LogP contribution >= 0.6 is 0 Å². The molecular formula is C32H41N3O7S. The molecule has 10 nitrogen and oxygen atoms in total. The minimum atomic E-state index is -4.07. The Kier molecular flexibility index (Phi) is 11.6. The number of hydrogen-bond donors (Lipinski definition) is 2. The molecule has 0 radical (unpaired) electrons. The first-order valence-corrected chi connectivity index (χ1v) is 16.5. The Morgan fingerprint density at radius 2 is 1.77 bits per heavy atom. The van der Waals surface area contributed by atoms with Gasteiger partial charge in [0.15, 0.2) is 0 Å². The van der Waals surface area contributed by atoms with Crippen molar-refractivity contribution in [1.29, 1.82) is 0 Å². The number of aliphatic imine (C=N–C) groups is 1. The van der Waals surface area contributed by atoms with E-state index in [4.69, 9.17) is 4.74 Å². The lowest BCUT2D eigenvalue weighted by Gasteiger charge is -2.27. The summed E-state index contributed by atoms with van der Waals surface area (Å²) >= 11 is 0. The fourth-order valence-corrected chi connectivity index (χ4v) is 7.28. The maximum absolute atomic E-state index is 13.4. The minimum Gasteiger partial charge on any atom is -0.480 e. The number of nitrogens with zero attached hydrogens (tertiary/aromatic N) is 2. The summed E-state index contributed by atoms with van der Waals surface area (Å²) in [4.78, 5) is 42.3. The van der Waals surface area contributed by atoms with Crippen molar-refractivity contribution in [3.63, 3.8) is 0 Å². The molecule has 232 valence electrons. The van der Waals surface area contributed by atoms with Crippen LogP contribution in [0.2, 0.25) is 0 Å². The number of hydrogen-bond acceptors (Lipinski definition) is 7. The monoisotopic (exact) mass is 611 g/mol. The predicted octanol–water partition coefficient (Wildman–Crippen LogP) is 3.92. The molecule has 2 aromatic carbocycles. The van der Waals surface area contributed by atoms with Gasteiger partial charge in [0, 0.05) is 31.5 Å². The fraction of sp³-hybridized carbons (Fsp3) is 0.500. The first-order chi connectivity index (χ1) is 20.7. The second-order valence-corrected chi connectivity index (χ2v) is 13.0. The average molecular weight is 612 g/mol. The highest BCUT2D eigenvalue weighted by Crippen LogP contribution is 2.28. The molecule has 1 saturated heterocycles. The van der Waals surface area contributed by atoms with Crippen LogP contribution < -0.4 is 5.32 Å². The smallest absolute Gasteiger partial charge is 0.326 e. The van der Waals surface area contributed by atoms with Crippen LogP contribution in [-0.4, -0.2) is 72.7 Å². The molecule has 0 spiro atoms. The summed E-state index contributed by atoms with van der Waals surface area (Å²) in [6.45, 7) is 2.53. The lowest BCUT2D eigenvalue weighted by Crippen LogP contribution is -2.53. The summed E-state index contributed by atoms with van der Waals surface area (Å²) < 4.78 is 33.5. The third-order valence-corrected chi connectivity index (χ3v) is 9.78. The number of carbonyl (C=O) groups is 3. The molecule has 43 heavy (non-hydrogen) atoms. The van der Waals surface area contributed by atoms with Crippen molar-refractivity contribution in [2.45, 2.75) is 94.3 Å². The van der Waals surface area contributed by atoms with Crippen LogP contribution in [0, 0.1) is 0 Å². The zero-order chi connectivity index (χ0) is 30.8. The van der Waals surface area contributed by atoms with Gasteiger partial charge in [0.1, 0.15) is 24.1 Å². The van der Waals surface area contributed by atoms with Gasteiger partial charge in [0.2, 0.25) is 15.9 Å². The van der Waals surface area contributed by atoms with Crippen LogP contribution in [0.15, 0.2) is 64.5 Å². The fourth-order valence-electron chi connectivity index (χ4n) is 5.52. The first-order valence-electron chi connectivity index (χ1n) is 15.0. The molecule has 0 aliphatic carbocycles. The summed E-state index contributed by atoms with van der Waals surface area (Å²) in [5.74, 6) is -1.81. The van der Waals surface area contributed by atoms with Crippen LogP contribution in [-0.2, 0) is 42.0 Å². The predicted molar refractivity (Wildman–Crippen MR) is 162 cm³/mol. The second kappa shape index (κ2) is 15.4. The van der Waals surface area contributed by atoms with Crippen LogP contribution in [0.25, 0.3) is 0 Å². The highest BCUT2D eigenvalue weighted by Gasteiger charge is 2.46. The Balaban J connectivity index is 1.30. The van der Waals surface area contributed by atoms with Crippen LogP contribution in [0.3, 0.4) is 0 Å². The van der Waals surface area contributed by atoms with E-state index in [9.17, 15) is 27.9 Å². The van der Waals surface area contributed by atoms with Crippen molar-refractivity contribution in [3.05, 3.63) is 65.7 Å². The summed E-state index contributed by atoms with van der Waals surface area (Å²) in [6, 6.07) is 12.4. The number of ether oxygens (including phenoxy) is 1. The van der Waals surface area contributed by atoms with Gasteiger partial charge >= 0.3 is 5.97 Å². The highest BCUT2D eigenvalue weighted by molar-refractivity contribution is 7.89. The Labute approximate surface area is 253 Å². The molecule has 2 aliphatic rings. The minimum absolute atomic E-state index is 0.00316. The zero-order valence-corrected chi connectivity index (χ0v) is 25.4. The normalized spacial score (nSPS) is 19.6. The van der Waals surface area contributed by atoms with Gasteiger partial charge in [-0.2, -0.15) is 4.31 Å². The van der Waals surface area contributed by atoms with E-state index in [1.165, 1.54) is 17.8 Å². The number of amides is 1. The third-order valence-electron chi connectivity index (χ3n) is 7.87. The summed E-state index contributed by atoms with van der Waals surface area (Å²) in [7, 11) is -4.07. The average Bonchev–Trinajstić information content (AvgIpc) is 3.68. The Morgan fingerprint density at radius 1 is 1.05 bits per heavy atom. The van der Waals surface area contributed by atoms with E-state index < -0.39 is 40.2 Å². The van der Waals surface area contributed by atoms with E-state index in [-0.39, 0.29) is 23.7 Å². The molecule has 0 bridgehead atoms. The molecule has 1 amide bonds. The van der Waals surface area contributed by atoms with E-state index in [2.05, 4.69) is 10.3 Å². The highest BCUT2D eigenvalue weighted by atomic mass is 32.2.